The van der Waals surface area contributed by atoms with Crippen LogP contribution < -0.4 is 4.74 Å². The van der Waals surface area contributed by atoms with E-state index in [1.807, 2.05) is 6.07 Å². The third kappa shape index (κ3) is 2.56. The second-order valence-corrected chi connectivity index (χ2v) is 3.69. The van der Waals surface area contributed by atoms with E-state index in [1.54, 1.807) is 38.1 Å². The summed E-state index contributed by atoms with van der Waals surface area (Å²) in [6.07, 6.45) is 0. The molecule has 0 aliphatic heterocycles. The third-order valence-corrected chi connectivity index (χ3v) is 2.55. The van der Waals surface area contributed by atoms with Crippen molar-refractivity contribution < 1.29 is 14.3 Å². The van der Waals surface area contributed by atoms with Gasteiger partial charge in [0.2, 0.25) is 0 Å². The minimum absolute atomic E-state index is 0.250. The fraction of sp³-hybridized carbons (Fsp3) is 0.385. The minimum Gasteiger partial charge on any atom is -0.497 e. The first-order valence-electron chi connectivity index (χ1n) is 5.31. The number of hydrogen-bond donors (Lipinski definition) is 0. The third-order valence-electron chi connectivity index (χ3n) is 2.55. The Hall–Kier alpha value is -2.02. The van der Waals surface area contributed by atoms with E-state index in [1.165, 1.54) is 7.11 Å². The van der Waals surface area contributed by atoms with Crippen molar-refractivity contribution in [1.29, 1.82) is 5.26 Å². The van der Waals surface area contributed by atoms with E-state index < -0.39 is 11.4 Å². The van der Waals surface area contributed by atoms with Crippen LogP contribution in [-0.2, 0) is 14.9 Å². The number of hydrogen-bond acceptors (Lipinski definition) is 4. The SMILES string of the molecule is CCOC(=O)[C@](C)(C#N)c1cccc(OC)c1. The Bertz CT molecular complexity index is 450. The Morgan fingerprint density at radius 2 is 2.24 bits per heavy atom. The molecule has 0 bridgehead atoms. The maximum atomic E-state index is 11.8. The van der Waals surface area contributed by atoms with Gasteiger partial charge in [-0.25, -0.2) is 4.79 Å². The molecule has 1 rings (SSSR count). The van der Waals surface area contributed by atoms with Gasteiger partial charge in [0, 0.05) is 0 Å². The first-order chi connectivity index (χ1) is 8.08. The molecule has 1 atom stereocenters. The number of carbonyl (C=O) groups is 1. The van der Waals surface area contributed by atoms with Crippen LogP contribution in [0.5, 0.6) is 5.75 Å². The number of methoxy groups -OCH3 is 1. The fourth-order valence-corrected chi connectivity index (χ4v) is 1.44. The van der Waals surface area contributed by atoms with Crippen molar-refractivity contribution in [3.63, 3.8) is 0 Å². The van der Waals surface area contributed by atoms with Crippen molar-refractivity contribution in [2.75, 3.05) is 13.7 Å². The molecule has 0 aromatic heterocycles. The summed E-state index contributed by atoms with van der Waals surface area (Å²) in [7, 11) is 1.53. The molecule has 4 nitrogen and oxygen atoms in total. The van der Waals surface area contributed by atoms with Gasteiger partial charge in [-0.3, -0.25) is 0 Å². The monoisotopic (exact) mass is 233 g/mol. The van der Waals surface area contributed by atoms with Crippen LogP contribution in [0.2, 0.25) is 0 Å². The highest BCUT2D eigenvalue weighted by Gasteiger charge is 2.37. The van der Waals surface area contributed by atoms with E-state index >= 15 is 0 Å². The molecule has 0 radical (unpaired) electrons. The van der Waals surface area contributed by atoms with Crippen LogP contribution in [0.4, 0.5) is 0 Å². The Labute approximate surface area is 101 Å². The van der Waals surface area contributed by atoms with Crippen molar-refractivity contribution in [2.24, 2.45) is 0 Å². The molecule has 0 amide bonds. The molecule has 0 saturated heterocycles. The topological polar surface area (TPSA) is 59.3 Å². The molecule has 0 aliphatic rings. The summed E-state index contributed by atoms with van der Waals surface area (Å²) in [5.41, 5.74) is -0.734. The number of nitriles is 1. The number of carbonyl (C=O) groups excluding carboxylic acids is 1. The zero-order valence-electron chi connectivity index (χ0n) is 10.2. The quantitative estimate of drug-likeness (QED) is 0.747. The van der Waals surface area contributed by atoms with Gasteiger partial charge in [0.1, 0.15) is 5.75 Å². The van der Waals surface area contributed by atoms with Crippen LogP contribution in [0.3, 0.4) is 0 Å². The standard InChI is InChI=1S/C13H15NO3/c1-4-17-12(15)13(2,9-14)10-6-5-7-11(8-10)16-3/h5-8H,4H2,1-3H3/t13-/m1/s1. The predicted octanol–water partition coefficient (Wildman–Crippen LogP) is 2.04. The summed E-state index contributed by atoms with van der Waals surface area (Å²) in [5, 5.41) is 9.21. The van der Waals surface area contributed by atoms with Crippen molar-refractivity contribution in [3.05, 3.63) is 29.8 Å². The molecule has 0 heterocycles. The van der Waals surface area contributed by atoms with Crippen LogP contribution in [-0.4, -0.2) is 19.7 Å². The van der Waals surface area contributed by atoms with Crippen LogP contribution in [0.25, 0.3) is 0 Å². The maximum absolute atomic E-state index is 11.8. The summed E-state index contributed by atoms with van der Waals surface area (Å²) in [6, 6.07) is 8.87. The van der Waals surface area contributed by atoms with Crippen LogP contribution in [0, 0.1) is 11.3 Å². The summed E-state index contributed by atoms with van der Waals surface area (Å²) >= 11 is 0. The molecule has 0 N–H and O–H groups in total. The van der Waals surface area contributed by atoms with E-state index in [2.05, 4.69) is 0 Å². The highest BCUT2D eigenvalue weighted by atomic mass is 16.5. The average Bonchev–Trinajstić information content (AvgIpc) is 2.38. The predicted molar refractivity (Wildman–Crippen MR) is 62.6 cm³/mol. The number of ether oxygens (including phenoxy) is 2. The summed E-state index contributed by atoms with van der Waals surface area (Å²) in [6.45, 7) is 3.50. The largest absolute Gasteiger partial charge is 0.497 e. The van der Waals surface area contributed by atoms with Gasteiger partial charge in [0.05, 0.1) is 19.8 Å². The molecule has 0 saturated carbocycles. The normalized spacial score (nSPS) is 13.3. The molecular weight excluding hydrogens is 218 g/mol. The second-order valence-electron chi connectivity index (χ2n) is 3.69. The number of esters is 1. The van der Waals surface area contributed by atoms with Crippen LogP contribution in [0.15, 0.2) is 24.3 Å². The van der Waals surface area contributed by atoms with E-state index in [4.69, 9.17) is 9.47 Å². The van der Waals surface area contributed by atoms with Crippen molar-refractivity contribution in [2.45, 2.75) is 19.3 Å². The summed E-state index contributed by atoms with van der Waals surface area (Å²) in [5.74, 6) is 0.0593. The van der Waals surface area contributed by atoms with Crippen LogP contribution in [0.1, 0.15) is 19.4 Å². The first-order valence-corrected chi connectivity index (χ1v) is 5.31. The second kappa shape index (κ2) is 5.35. The van der Waals surface area contributed by atoms with Gasteiger partial charge < -0.3 is 9.47 Å². The van der Waals surface area contributed by atoms with Crippen molar-refractivity contribution in [3.8, 4) is 11.8 Å². The highest BCUT2D eigenvalue weighted by Crippen LogP contribution is 2.27. The Balaban J connectivity index is 3.16. The lowest BCUT2D eigenvalue weighted by molar-refractivity contribution is -0.147. The number of nitrogens with zero attached hydrogens (tertiary/aromatic N) is 1. The van der Waals surface area contributed by atoms with Crippen molar-refractivity contribution >= 4 is 5.97 Å². The minimum atomic E-state index is -1.30. The average molecular weight is 233 g/mol. The van der Waals surface area contributed by atoms with E-state index in [-0.39, 0.29) is 6.61 Å². The van der Waals surface area contributed by atoms with Crippen molar-refractivity contribution in [1.82, 2.24) is 0 Å². The highest BCUT2D eigenvalue weighted by molar-refractivity contribution is 5.86. The van der Waals surface area contributed by atoms with Gasteiger partial charge in [0.25, 0.3) is 0 Å². The van der Waals surface area contributed by atoms with Gasteiger partial charge in [-0.1, -0.05) is 12.1 Å². The molecule has 0 spiro atoms. The van der Waals surface area contributed by atoms with Gasteiger partial charge >= 0.3 is 5.97 Å². The Morgan fingerprint density at radius 1 is 1.53 bits per heavy atom. The maximum Gasteiger partial charge on any atom is 0.330 e. The van der Waals surface area contributed by atoms with E-state index in [0.29, 0.717) is 11.3 Å². The molecule has 1 aromatic rings. The lowest BCUT2D eigenvalue weighted by atomic mass is 9.84. The molecule has 17 heavy (non-hydrogen) atoms. The molecule has 0 fully saturated rings. The number of rotatable bonds is 4. The van der Waals surface area contributed by atoms with Gasteiger partial charge in [-0.2, -0.15) is 5.26 Å². The summed E-state index contributed by atoms with van der Waals surface area (Å²) < 4.78 is 10.00. The molecule has 0 unspecified atom stereocenters. The zero-order chi connectivity index (χ0) is 12.9. The summed E-state index contributed by atoms with van der Waals surface area (Å²) in [4.78, 5) is 11.8. The molecule has 1 aromatic carbocycles. The lowest BCUT2D eigenvalue weighted by Gasteiger charge is -2.20. The fourth-order valence-electron chi connectivity index (χ4n) is 1.44. The Kier molecular flexibility index (Phi) is 4.11. The van der Waals surface area contributed by atoms with E-state index in [9.17, 15) is 10.1 Å². The molecule has 90 valence electrons. The van der Waals surface area contributed by atoms with E-state index in [0.717, 1.165) is 0 Å². The van der Waals surface area contributed by atoms with Gasteiger partial charge in [-0.05, 0) is 31.5 Å². The molecule has 0 aliphatic carbocycles. The molecule has 4 heteroatoms. The molecular formula is C13H15NO3. The smallest absolute Gasteiger partial charge is 0.330 e. The lowest BCUT2D eigenvalue weighted by Crippen LogP contribution is -2.32. The van der Waals surface area contributed by atoms with Crippen LogP contribution >= 0.6 is 0 Å². The van der Waals surface area contributed by atoms with Gasteiger partial charge in [0.15, 0.2) is 5.41 Å². The number of benzene rings is 1. The first kappa shape index (κ1) is 13.0. The zero-order valence-corrected chi connectivity index (χ0v) is 10.2. The Morgan fingerprint density at radius 3 is 2.76 bits per heavy atom. The van der Waals surface area contributed by atoms with Gasteiger partial charge in [-0.15, -0.1) is 0 Å².